The summed E-state index contributed by atoms with van der Waals surface area (Å²) in [6.45, 7) is 0.603. The number of aliphatic carboxylic acids is 1. The molecule has 0 spiro atoms. The zero-order chi connectivity index (χ0) is 24.6. The van der Waals surface area contributed by atoms with E-state index in [9.17, 15) is 14.7 Å². The monoisotopic (exact) mass is 481 g/mol. The molecule has 0 saturated heterocycles. The molecule has 0 radical (unpaired) electrons. The SMILES string of the molecule is O=C(O)CC1CCCCC1n1nc2c3ccccc3n(Cc3ccc(-n4cccn4)cc3)cc-2c1=O. The summed E-state index contributed by atoms with van der Waals surface area (Å²) in [4.78, 5) is 25.1. The van der Waals surface area contributed by atoms with Crippen molar-refractivity contribution < 1.29 is 9.90 Å². The minimum atomic E-state index is -0.821. The molecule has 3 aliphatic rings. The molecule has 2 atom stereocenters. The molecule has 0 amide bonds. The van der Waals surface area contributed by atoms with E-state index in [1.165, 1.54) is 0 Å². The second kappa shape index (κ2) is 9.11. The quantitative estimate of drug-likeness (QED) is 0.378. The summed E-state index contributed by atoms with van der Waals surface area (Å²) in [6.07, 6.45) is 9.19. The van der Waals surface area contributed by atoms with E-state index in [1.807, 2.05) is 59.5 Å². The minimum absolute atomic E-state index is 0.0651. The molecule has 6 rings (SSSR count). The Morgan fingerprint density at radius 2 is 1.83 bits per heavy atom. The van der Waals surface area contributed by atoms with E-state index in [0.717, 1.165) is 47.8 Å². The molecule has 2 aliphatic heterocycles. The topological polar surface area (TPSA) is 94.9 Å². The maximum atomic E-state index is 13.6. The summed E-state index contributed by atoms with van der Waals surface area (Å²) in [5.74, 6) is -0.900. The highest BCUT2D eigenvalue weighted by molar-refractivity contribution is 5.93. The molecule has 182 valence electrons. The summed E-state index contributed by atoms with van der Waals surface area (Å²) in [7, 11) is 0. The van der Waals surface area contributed by atoms with Crippen molar-refractivity contribution in [3.63, 3.8) is 0 Å². The summed E-state index contributed by atoms with van der Waals surface area (Å²) < 4.78 is 5.50. The molecule has 1 aromatic heterocycles. The Morgan fingerprint density at radius 1 is 1.03 bits per heavy atom. The fourth-order valence-electron chi connectivity index (χ4n) is 5.60. The summed E-state index contributed by atoms with van der Waals surface area (Å²) >= 11 is 0. The van der Waals surface area contributed by atoms with Crippen LogP contribution in [-0.4, -0.2) is 35.2 Å². The standard InChI is InChI=1S/C28H27N5O3/c34-26(35)16-20-6-1-3-8-24(20)33-28(36)23-18-31(25-9-4-2-7-22(25)27(23)30-33)17-19-10-12-21(13-11-19)32-15-5-14-29-32/h2,4-5,7,9-15,18,20,24H,1,3,6,8,16-17H2,(H,34,35). The lowest BCUT2D eigenvalue weighted by atomic mass is 9.82. The fourth-order valence-corrected chi connectivity index (χ4v) is 5.60. The van der Waals surface area contributed by atoms with Crippen LogP contribution in [0.3, 0.4) is 0 Å². The molecule has 0 bridgehead atoms. The van der Waals surface area contributed by atoms with Crippen molar-refractivity contribution in [2.45, 2.75) is 44.7 Å². The first-order chi connectivity index (χ1) is 17.6. The third-order valence-electron chi connectivity index (χ3n) is 7.33. The Morgan fingerprint density at radius 3 is 2.61 bits per heavy atom. The zero-order valence-corrected chi connectivity index (χ0v) is 19.8. The van der Waals surface area contributed by atoms with Crippen LogP contribution in [0.2, 0.25) is 0 Å². The number of hydrogen-bond acceptors (Lipinski definition) is 4. The average molecular weight is 482 g/mol. The number of fused-ring (bicyclic) bond motifs is 3. The van der Waals surface area contributed by atoms with Crippen LogP contribution >= 0.6 is 0 Å². The first-order valence-electron chi connectivity index (χ1n) is 12.4. The Hall–Kier alpha value is -4.20. The highest BCUT2D eigenvalue weighted by Crippen LogP contribution is 2.37. The average Bonchev–Trinajstić information content (AvgIpc) is 3.54. The van der Waals surface area contributed by atoms with Crippen LogP contribution < -0.4 is 5.56 Å². The number of hydrogen-bond donors (Lipinski definition) is 1. The van der Waals surface area contributed by atoms with E-state index < -0.39 is 5.97 Å². The predicted molar refractivity (Wildman–Crippen MR) is 137 cm³/mol. The number of carboxylic acids is 1. The van der Waals surface area contributed by atoms with Gasteiger partial charge in [0, 0.05) is 30.5 Å². The predicted octanol–water partition coefficient (Wildman–Crippen LogP) is 4.74. The Labute approximate surface area is 207 Å². The van der Waals surface area contributed by atoms with E-state index >= 15 is 0 Å². The van der Waals surface area contributed by atoms with Crippen LogP contribution in [0.4, 0.5) is 0 Å². The van der Waals surface area contributed by atoms with Crippen molar-refractivity contribution in [1.29, 1.82) is 0 Å². The van der Waals surface area contributed by atoms with Crippen molar-refractivity contribution in [2.75, 3.05) is 0 Å². The van der Waals surface area contributed by atoms with E-state index in [0.29, 0.717) is 17.8 Å². The lowest BCUT2D eigenvalue weighted by Crippen LogP contribution is -2.31. The Balaban J connectivity index is 1.41. The molecule has 8 nitrogen and oxygen atoms in total. The van der Waals surface area contributed by atoms with Gasteiger partial charge >= 0.3 is 5.97 Å². The van der Waals surface area contributed by atoms with Gasteiger partial charge in [0.2, 0.25) is 0 Å². The largest absolute Gasteiger partial charge is 0.481 e. The van der Waals surface area contributed by atoms with Crippen LogP contribution in [0.1, 0.15) is 43.7 Å². The van der Waals surface area contributed by atoms with Gasteiger partial charge in [0.05, 0.1) is 29.2 Å². The first kappa shape index (κ1) is 22.3. The van der Waals surface area contributed by atoms with Crippen molar-refractivity contribution in [3.05, 3.63) is 89.1 Å². The normalized spacial score (nSPS) is 18.1. The number of para-hydroxylation sites is 1. The van der Waals surface area contributed by atoms with Gasteiger partial charge in [0.15, 0.2) is 0 Å². The van der Waals surface area contributed by atoms with Crippen LogP contribution in [0.25, 0.3) is 27.8 Å². The first-order valence-corrected chi connectivity index (χ1v) is 12.4. The number of pyridine rings is 1. The van der Waals surface area contributed by atoms with E-state index in [2.05, 4.69) is 21.8 Å². The molecule has 1 fully saturated rings. The molecule has 36 heavy (non-hydrogen) atoms. The molecule has 1 saturated carbocycles. The van der Waals surface area contributed by atoms with E-state index in [-0.39, 0.29) is 23.9 Å². The summed E-state index contributed by atoms with van der Waals surface area (Å²) in [5, 5.41) is 19.4. The van der Waals surface area contributed by atoms with Crippen molar-refractivity contribution in [2.24, 2.45) is 5.92 Å². The molecular formula is C28H27N5O3. The summed E-state index contributed by atoms with van der Waals surface area (Å²) in [6, 6.07) is 17.9. The maximum absolute atomic E-state index is 13.6. The molecule has 1 N–H and O–H groups in total. The van der Waals surface area contributed by atoms with Gasteiger partial charge in [0.1, 0.15) is 5.69 Å². The van der Waals surface area contributed by atoms with Crippen LogP contribution in [0, 0.1) is 5.92 Å². The second-order valence-corrected chi connectivity index (χ2v) is 9.61. The lowest BCUT2D eigenvalue weighted by molar-refractivity contribution is -0.138. The van der Waals surface area contributed by atoms with E-state index in [4.69, 9.17) is 5.10 Å². The van der Waals surface area contributed by atoms with Gasteiger partial charge in [-0.3, -0.25) is 9.59 Å². The number of nitrogens with zero attached hydrogens (tertiary/aromatic N) is 5. The lowest BCUT2D eigenvalue weighted by Gasteiger charge is -2.30. The van der Waals surface area contributed by atoms with E-state index in [1.54, 1.807) is 10.9 Å². The van der Waals surface area contributed by atoms with Gasteiger partial charge in [-0.1, -0.05) is 43.2 Å². The van der Waals surface area contributed by atoms with Gasteiger partial charge in [-0.2, -0.15) is 10.2 Å². The number of rotatable bonds is 6. The minimum Gasteiger partial charge on any atom is -0.481 e. The Kier molecular flexibility index (Phi) is 5.64. The zero-order valence-electron chi connectivity index (χ0n) is 19.8. The molecule has 3 heterocycles. The molecular weight excluding hydrogens is 454 g/mol. The maximum Gasteiger partial charge on any atom is 0.303 e. The third kappa shape index (κ3) is 3.98. The van der Waals surface area contributed by atoms with Crippen molar-refractivity contribution in [3.8, 4) is 16.9 Å². The highest BCUT2D eigenvalue weighted by Gasteiger charge is 2.32. The number of carboxylic acid groups (broad SMARTS) is 1. The highest BCUT2D eigenvalue weighted by atomic mass is 16.4. The molecule has 8 heteroatoms. The number of benzene rings is 2. The van der Waals surface area contributed by atoms with Gasteiger partial charge < -0.3 is 9.67 Å². The number of carbonyl (C=O) groups is 1. The van der Waals surface area contributed by atoms with Crippen LogP contribution in [0.15, 0.2) is 78.0 Å². The fraction of sp³-hybridized carbons (Fsp3) is 0.286. The third-order valence-corrected chi connectivity index (χ3v) is 7.33. The van der Waals surface area contributed by atoms with Gasteiger partial charge in [0.25, 0.3) is 5.56 Å². The molecule has 2 aromatic carbocycles. The Bertz CT molecular complexity index is 1550. The summed E-state index contributed by atoms with van der Waals surface area (Å²) in [5.41, 5.74) is 4.20. The smallest absolute Gasteiger partial charge is 0.303 e. The molecule has 3 aromatic rings. The van der Waals surface area contributed by atoms with Gasteiger partial charge in [-0.05, 0) is 48.6 Å². The van der Waals surface area contributed by atoms with Gasteiger partial charge in [-0.25, -0.2) is 9.36 Å². The second-order valence-electron chi connectivity index (χ2n) is 9.61. The number of aromatic nitrogens is 5. The van der Waals surface area contributed by atoms with Crippen LogP contribution in [-0.2, 0) is 11.3 Å². The van der Waals surface area contributed by atoms with Crippen molar-refractivity contribution in [1.82, 2.24) is 24.1 Å². The van der Waals surface area contributed by atoms with Gasteiger partial charge in [-0.15, -0.1) is 0 Å². The van der Waals surface area contributed by atoms with Crippen LogP contribution in [0.5, 0.6) is 0 Å². The molecule has 2 unspecified atom stereocenters. The molecule has 1 aliphatic carbocycles. The van der Waals surface area contributed by atoms with Crippen molar-refractivity contribution >= 4 is 16.9 Å².